The molecule has 0 aliphatic heterocycles. The van der Waals surface area contributed by atoms with Crippen molar-refractivity contribution < 1.29 is 0 Å². The molecule has 0 radical (unpaired) electrons. The number of nitrogens with two attached hydrogens (primary N) is 1. The molecule has 4 heteroatoms. The van der Waals surface area contributed by atoms with Crippen LogP contribution in [-0.4, -0.2) is 9.97 Å². The molecule has 0 amide bonds. The van der Waals surface area contributed by atoms with Gasteiger partial charge in [0.25, 0.3) is 0 Å². The maximum atomic E-state index is 6.16. The van der Waals surface area contributed by atoms with Crippen LogP contribution < -0.4 is 5.73 Å². The molecule has 3 rings (SSSR count). The van der Waals surface area contributed by atoms with Crippen LogP contribution in [0.2, 0.25) is 0 Å². The number of nitrogen functional groups attached to an aromatic ring is 1. The maximum absolute atomic E-state index is 6.16. The van der Waals surface area contributed by atoms with Crippen molar-refractivity contribution in [2.45, 2.75) is 39.0 Å². The Bertz CT molecular complexity index is 652. The second-order valence-electron chi connectivity index (χ2n) is 5.40. The third kappa shape index (κ3) is 2.57. The fraction of sp³-hybridized carbons (Fsp3) is 0.375. The number of benzene rings is 1. The normalized spacial score (nSPS) is 14.7. The van der Waals surface area contributed by atoms with Gasteiger partial charge >= 0.3 is 0 Å². The van der Waals surface area contributed by atoms with Crippen LogP contribution in [0.3, 0.4) is 0 Å². The van der Waals surface area contributed by atoms with Crippen LogP contribution in [0.1, 0.15) is 36.1 Å². The number of anilines is 1. The van der Waals surface area contributed by atoms with Crippen molar-refractivity contribution in [2.75, 3.05) is 5.73 Å². The standard InChI is InChI=1S/C16H18BrN3/c1-10-7-8-11(13(17)9-10)16-19-14-6-4-2-3-5-12(14)15(18)20-16/h7-9H,2-6H2,1H3,(H2,18,19,20). The second-order valence-corrected chi connectivity index (χ2v) is 6.26. The van der Waals surface area contributed by atoms with Gasteiger partial charge in [-0.05, 0) is 50.3 Å². The van der Waals surface area contributed by atoms with E-state index in [0.29, 0.717) is 5.82 Å². The lowest BCUT2D eigenvalue weighted by Crippen LogP contribution is -2.06. The number of fused-ring (bicyclic) bond motifs is 1. The minimum atomic E-state index is 0.652. The first-order valence-electron chi connectivity index (χ1n) is 7.07. The molecule has 0 fully saturated rings. The summed E-state index contributed by atoms with van der Waals surface area (Å²) in [5, 5.41) is 0. The molecule has 0 saturated carbocycles. The molecule has 2 N–H and O–H groups in total. The molecule has 104 valence electrons. The molecule has 1 aromatic heterocycles. The Morgan fingerprint density at radius 3 is 2.70 bits per heavy atom. The number of hydrogen-bond donors (Lipinski definition) is 1. The Hall–Kier alpha value is -1.42. The van der Waals surface area contributed by atoms with Crippen LogP contribution in [0, 0.1) is 6.92 Å². The summed E-state index contributed by atoms with van der Waals surface area (Å²) in [5.74, 6) is 1.38. The Balaban J connectivity index is 2.11. The van der Waals surface area contributed by atoms with E-state index in [0.717, 1.165) is 40.0 Å². The van der Waals surface area contributed by atoms with Crippen LogP contribution >= 0.6 is 15.9 Å². The molecule has 1 aliphatic carbocycles. The van der Waals surface area contributed by atoms with Gasteiger partial charge in [0.2, 0.25) is 0 Å². The molecule has 1 aromatic carbocycles. The van der Waals surface area contributed by atoms with Gasteiger partial charge in [-0.3, -0.25) is 0 Å². The van der Waals surface area contributed by atoms with Crippen LogP contribution in [0.25, 0.3) is 11.4 Å². The van der Waals surface area contributed by atoms with E-state index in [1.807, 2.05) is 0 Å². The zero-order chi connectivity index (χ0) is 14.1. The van der Waals surface area contributed by atoms with Crippen molar-refractivity contribution in [3.63, 3.8) is 0 Å². The van der Waals surface area contributed by atoms with E-state index >= 15 is 0 Å². The first kappa shape index (κ1) is 13.6. The number of hydrogen-bond acceptors (Lipinski definition) is 3. The number of aromatic nitrogens is 2. The van der Waals surface area contributed by atoms with Crippen LogP contribution in [0.15, 0.2) is 22.7 Å². The van der Waals surface area contributed by atoms with Gasteiger partial charge < -0.3 is 5.73 Å². The number of nitrogens with zero attached hydrogens (tertiary/aromatic N) is 2. The molecule has 0 spiro atoms. The van der Waals surface area contributed by atoms with E-state index in [2.05, 4.69) is 46.0 Å². The molecule has 3 nitrogen and oxygen atoms in total. The fourth-order valence-electron chi connectivity index (χ4n) is 2.72. The van der Waals surface area contributed by atoms with Gasteiger partial charge in [0.1, 0.15) is 5.82 Å². The van der Waals surface area contributed by atoms with Crippen molar-refractivity contribution in [3.05, 3.63) is 39.5 Å². The zero-order valence-corrected chi connectivity index (χ0v) is 13.2. The number of aryl methyl sites for hydroxylation is 2. The van der Waals surface area contributed by atoms with E-state index in [4.69, 9.17) is 10.7 Å². The average molecular weight is 332 g/mol. The molecule has 0 atom stereocenters. The molecule has 0 saturated heterocycles. The molecular weight excluding hydrogens is 314 g/mol. The predicted molar refractivity (Wildman–Crippen MR) is 85.6 cm³/mol. The highest BCUT2D eigenvalue weighted by atomic mass is 79.9. The average Bonchev–Trinajstić information content (AvgIpc) is 2.64. The van der Waals surface area contributed by atoms with E-state index in [9.17, 15) is 0 Å². The topological polar surface area (TPSA) is 51.8 Å². The molecule has 1 aliphatic rings. The van der Waals surface area contributed by atoms with E-state index in [-0.39, 0.29) is 0 Å². The molecular formula is C16H18BrN3. The summed E-state index contributed by atoms with van der Waals surface area (Å²) in [6, 6.07) is 6.21. The van der Waals surface area contributed by atoms with E-state index in [1.54, 1.807) is 0 Å². The SMILES string of the molecule is Cc1ccc(-c2nc(N)c3c(n2)CCCCC3)c(Br)c1. The van der Waals surface area contributed by atoms with Crippen molar-refractivity contribution in [2.24, 2.45) is 0 Å². The minimum Gasteiger partial charge on any atom is -0.383 e. The molecule has 0 bridgehead atoms. The lowest BCUT2D eigenvalue weighted by Gasteiger charge is -2.11. The predicted octanol–water partition coefficient (Wildman–Crippen LogP) is 4.07. The van der Waals surface area contributed by atoms with E-state index < -0.39 is 0 Å². The van der Waals surface area contributed by atoms with Gasteiger partial charge in [-0.2, -0.15) is 0 Å². The van der Waals surface area contributed by atoms with Gasteiger partial charge in [0.05, 0.1) is 0 Å². The van der Waals surface area contributed by atoms with Crippen molar-refractivity contribution >= 4 is 21.7 Å². The summed E-state index contributed by atoms with van der Waals surface area (Å²) >= 11 is 3.60. The fourth-order valence-corrected chi connectivity index (χ4v) is 3.39. The van der Waals surface area contributed by atoms with Gasteiger partial charge in [-0.1, -0.05) is 28.4 Å². The number of halogens is 1. The highest BCUT2D eigenvalue weighted by Crippen LogP contribution is 2.30. The molecule has 0 unspecified atom stereocenters. The van der Waals surface area contributed by atoms with Gasteiger partial charge in [0.15, 0.2) is 5.82 Å². The Labute approximate surface area is 127 Å². The Kier molecular flexibility index (Phi) is 3.74. The molecule has 20 heavy (non-hydrogen) atoms. The monoisotopic (exact) mass is 331 g/mol. The molecule has 1 heterocycles. The highest BCUT2D eigenvalue weighted by Gasteiger charge is 2.16. The highest BCUT2D eigenvalue weighted by molar-refractivity contribution is 9.10. The summed E-state index contributed by atoms with van der Waals surface area (Å²) in [7, 11) is 0. The van der Waals surface area contributed by atoms with Gasteiger partial charge in [-0.25, -0.2) is 9.97 Å². The minimum absolute atomic E-state index is 0.652. The molecule has 2 aromatic rings. The first-order chi connectivity index (χ1) is 9.65. The van der Waals surface area contributed by atoms with Crippen LogP contribution in [0.4, 0.5) is 5.82 Å². The van der Waals surface area contributed by atoms with Gasteiger partial charge in [-0.15, -0.1) is 0 Å². The quantitative estimate of drug-likeness (QED) is 0.801. The van der Waals surface area contributed by atoms with Crippen molar-refractivity contribution in [1.82, 2.24) is 9.97 Å². The summed E-state index contributed by atoms with van der Waals surface area (Å²) in [5.41, 5.74) is 10.7. The van der Waals surface area contributed by atoms with Crippen molar-refractivity contribution in [3.8, 4) is 11.4 Å². The number of rotatable bonds is 1. The Morgan fingerprint density at radius 1 is 1.10 bits per heavy atom. The summed E-state index contributed by atoms with van der Waals surface area (Å²) < 4.78 is 1.02. The van der Waals surface area contributed by atoms with Crippen LogP contribution in [-0.2, 0) is 12.8 Å². The van der Waals surface area contributed by atoms with E-state index in [1.165, 1.54) is 24.8 Å². The third-order valence-corrected chi connectivity index (χ3v) is 4.49. The first-order valence-corrected chi connectivity index (χ1v) is 7.86. The lowest BCUT2D eigenvalue weighted by molar-refractivity contribution is 0.709. The zero-order valence-electron chi connectivity index (χ0n) is 11.6. The van der Waals surface area contributed by atoms with Crippen LogP contribution in [0.5, 0.6) is 0 Å². The van der Waals surface area contributed by atoms with Gasteiger partial charge in [0, 0.05) is 21.3 Å². The summed E-state index contributed by atoms with van der Waals surface area (Å²) in [6.07, 6.45) is 5.65. The smallest absolute Gasteiger partial charge is 0.162 e. The Morgan fingerprint density at radius 2 is 1.90 bits per heavy atom. The van der Waals surface area contributed by atoms with Crippen molar-refractivity contribution in [1.29, 1.82) is 0 Å². The maximum Gasteiger partial charge on any atom is 0.162 e. The third-order valence-electron chi connectivity index (χ3n) is 3.83. The summed E-state index contributed by atoms with van der Waals surface area (Å²) in [4.78, 5) is 9.30. The second kappa shape index (κ2) is 5.52. The summed E-state index contributed by atoms with van der Waals surface area (Å²) in [6.45, 7) is 2.07. The largest absolute Gasteiger partial charge is 0.383 e. The lowest BCUT2D eigenvalue weighted by atomic mass is 10.1.